The Kier molecular flexibility index (Phi) is 9.74. The number of ether oxygens (including phenoxy) is 1. The second kappa shape index (κ2) is 12.8. The predicted molar refractivity (Wildman–Crippen MR) is 127 cm³/mol. The molecule has 2 atom stereocenters. The number of nitrogens with one attached hydrogen (secondary N) is 2. The van der Waals surface area contributed by atoms with Crippen molar-refractivity contribution in [1.82, 2.24) is 10.6 Å². The maximum Gasteiger partial charge on any atom is 0.416 e. The molecule has 0 spiro atoms. The standard InChI is InChI=1S/C26H25F6N3O3/c27-25(28,29)16-35-22(36)8-2-1-5-13-34-23(37)15-33-14-21-24(38-21)20-7-4-3-6-19(20)17-9-11-18(12-10-17)26(30,31)32/h3-4,6-7,9-12,21,24H,1-2,5,8,13,15-16H2,(H-,34,35,36,37)/p+1. The van der Waals surface area contributed by atoms with Crippen molar-refractivity contribution in [3.63, 3.8) is 0 Å². The lowest BCUT2D eigenvalue weighted by molar-refractivity contribution is -0.138. The highest BCUT2D eigenvalue weighted by atomic mass is 19.4. The van der Waals surface area contributed by atoms with Crippen molar-refractivity contribution < 1.29 is 40.7 Å². The SMILES string of the molecule is O=C(CCCCCNC(=O)C[N+]#CC1OC1c1ccccc1-c1ccc(C(F)(F)F)cc1)NCC(F)(F)F. The molecular weight excluding hydrogens is 516 g/mol. The summed E-state index contributed by atoms with van der Waals surface area (Å²) < 4.78 is 80.3. The lowest BCUT2D eigenvalue weighted by atomic mass is 9.96. The van der Waals surface area contributed by atoms with Crippen LogP contribution in [0.15, 0.2) is 48.5 Å². The Morgan fingerprint density at radius 3 is 2.29 bits per heavy atom. The van der Waals surface area contributed by atoms with E-state index in [1.165, 1.54) is 12.1 Å². The van der Waals surface area contributed by atoms with Gasteiger partial charge in [0.25, 0.3) is 0 Å². The normalized spacial score (nSPS) is 16.8. The average Bonchev–Trinajstić information content (AvgIpc) is 3.63. The van der Waals surface area contributed by atoms with Crippen LogP contribution in [-0.2, 0) is 20.5 Å². The highest BCUT2D eigenvalue weighted by Gasteiger charge is 2.45. The van der Waals surface area contributed by atoms with Gasteiger partial charge in [-0.2, -0.15) is 26.3 Å². The van der Waals surface area contributed by atoms with Crippen LogP contribution in [0.2, 0.25) is 0 Å². The first-order valence-corrected chi connectivity index (χ1v) is 11.9. The maximum absolute atomic E-state index is 12.9. The van der Waals surface area contributed by atoms with Crippen LogP contribution in [0.1, 0.15) is 42.9 Å². The minimum Gasteiger partial charge on any atom is -0.350 e. The van der Waals surface area contributed by atoms with Gasteiger partial charge in [0.2, 0.25) is 12.0 Å². The van der Waals surface area contributed by atoms with E-state index < -0.39 is 36.5 Å². The minimum atomic E-state index is -4.44. The quantitative estimate of drug-likeness (QED) is 0.237. The molecule has 1 fully saturated rings. The summed E-state index contributed by atoms with van der Waals surface area (Å²) in [6.07, 6.45) is -8.22. The number of rotatable bonds is 10. The van der Waals surface area contributed by atoms with E-state index in [1.54, 1.807) is 23.5 Å². The zero-order chi connectivity index (χ0) is 27.8. The van der Waals surface area contributed by atoms with E-state index in [1.807, 2.05) is 6.07 Å². The first kappa shape index (κ1) is 29.0. The highest BCUT2D eigenvalue weighted by molar-refractivity contribution is 5.79. The summed E-state index contributed by atoms with van der Waals surface area (Å²) in [6.45, 7) is -1.19. The van der Waals surface area contributed by atoms with Crippen LogP contribution in [0, 0.1) is 6.07 Å². The molecular formula is C26H26F6N3O3+. The monoisotopic (exact) mass is 542 g/mol. The van der Waals surface area contributed by atoms with E-state index in [-0.39, 0.29) is 25.0 Å². The molecule has 2 amide bonds. The number of epoxide rings is 1. The number of unbranched alkanes of at least 4 members (excludes halogenated alkanes) is 2. The van der Waals surface area contributed by atoms with Crippen molar-refractivity contribution in [3.05, 3.63) is 64.5 Å². The first-order valence-electron chi connectivity index (χ1n) is 11.9. The Morgan fingerprint density at radius 2 is 1.61 bits per heavy atom. The number of nitrogens with zero attached hydrogens (tertiary/aromatic N) is 1. The van der Waals surface area contributed by atoms with Crippen molar-refractivity contribution in [2.45, 2.75) is 50.2 Å². The van der Waals surface area contributed by atoms with Gasteiger partial charge in [0.05, 0.1) is 5.56 Å². The van der Waals surface area contributed by atoms with Gasteiger partial charge in [-0.05, 0) is 41.7 Å². The molecule has 0 saturated carbocycles. The molecule has 2 N–H and O–H groups in total. The molecule has 1 saturated heterocycles. The highest BCUT2D eigenvalue weighted by Crippen LogP contribution is 2.43. The number of hydrogen-bond donors (Lipinski definition) is 2. The van der Waals surface area contributed by atoms with E-state index in [9.17, 15) is 35.9 Å². The molecule has 0 bridgehead atoms. The smallest absolute Gasteiger partial charge is 0.350 e. The van der Waals surface area contributed by atoms with Gasteiger partial charge in [-0.1, -0.05) is 47.7 Å². The summed E-state index contributed by atoms with van der Waals surface area (Å²) >= 11 is 0. The van der Waals surface area contributed by atoms with E-state index in [0.717, 1.165) is 23.3 Å². The van der Waals surface area contributed by atoms with E-state index in [0.29, 0.717) is 31.4 Å². The topological polar surface area (TPSA) is 75.1 Å². The van der Waals surface area contributed by atoms with Crippen molar-refractivity contribution in [2.75, 3.05) is 19.6 Å². The van der Waals surface area contributed by atoms with Crippen LogP contribution in [-0.4, -0.2) is 43.7 Å². The fraction of sp³-hybridized carbons (Fsp3) is 0.423. The molecule has 0 aromatic heterocycles. The fourth-order valence-electron chi connectivity index (χ4n) is 3.66. The van der Waals surface area contributed by atoms with Gasteiger partial charge >= 0.3 is 30.9 Å². The lowest BCUT2D eigenvalue weighted by Crippen LogP contribution is -2.33. The Bertz CT molecular complexity index is 1170. The van der Waals surface area contributed by atoms with Gasteiger partial charge in [-0.15, -0.1) is 0 Å². The average molecular weight is 543 g/mol. The summed E-state index contributed by atoms with van der Waals surface area (Å²) in [7, 11) is 0. The summed E-state index contributed by atoms with van der Waals surface area (Å²) in [6, 6.07) is 14.8. The molecule has 12 heteroatoms. The van der Waals surface area contributed by atoms with Gasteiger partial charge in [0.1, 0.15) is 12.6 Å². The number of alkyl halides is 6. The zero-order valence-corrected chi connectivity index (χ0v) is 20.2. The molecule has 204 valence electrons. The van der Waals surface area contributed by atoms with Gasteiger partial charge in [-0.25, -0.2) is 0 Å². The van der Waals surface area contributed by atoms with Crippen molar-refractivity contribution >= 4 is 11.8 Å². The third-order valence-corrected chi connectivity index (χ3v) is 5.61. The summed E-state index contributed by atoms with van der Waals surface area (Å²) in [5.41, 5.74) is 1.38. The summed E-state index contributed by atoms with van der Waals surface area (Å²) in [5.74, 6) is -1.01. The third-order valence-electron chi connectivity index (χ3n) is 5.61. The van der Waals surface area contributed by atoms with E-state index in [2.05, 4.69) is 16.2 Å². The molecule has 0 aliphatic carbocycles. The number of carbonyl (C=O) groups is 2. The second-order valence-corrected chi connectivity index (χ2v) is 8.64. The second-order valence-electron chi connectivity index (χ2n) is 8.64. The number of hydrogen-bond acceptors (Lipinski definition) is 3. The molecule has 1 aliphatic rings. The number of benzene rings is 2. The van der Waals surface area contributed by atoms with Crippen LogP contribution in [0.25, 0.3) is 16.0 Å². The number of carbonyl (C=O) groups excluding carboxylic acids is 2. The Morgan fingerprint density at radius 1 is 0.895 bits per heavy atom. The van der Waals surface area contributed by atoms with Crippen LogP contribution >= 0.6 is 0 Å². The fourth-order valence-corrected chi connectivity index (χ4v) is 3.66. The molecule has 1 heterocycles. The largest absolute Gasteiger partial charge is 0.416 e. The van der Waals surface area contributed by atoms with Crippen LogP contribution in [0.3, 0.4) is 0 Å². The molecule has 6 nitrogen and oxygen atoms in total. The summed E-state index contributed by atoms with van der Waals surface area (Å²) in [5, 5.41) is 4.46. The number of halogens is 6. The van der Waals surface area contributed by atoms with Crippen molar-refractivity contribution in [3.8, 4) is 17.2 Å². The van der Waals surface area contributed by atoms with Gasteiger partial charge in [0, 0.05) is 13.0 Å². The van der Waals surface area contributed by atoms with Gasteiger partial charge < -0.3 is 15.4 Å². The van der Waals surface area contributed by atoms with Gasteiger partial charge in [0.15, 0.2) is 0 Å². The number of amides is 2. The first-order chi connectivity index (χ1) is 17.9. The third kappa shape index (κ3) is 9.37. The van der Waals surface area contributed by atoms with Crippen LogP contribution in [0.5, 0.6) is 0 Å². The predicted octanol–water partition coefficient (Wildman–Crippen LogP) is 5.50. The Labute approximate surface area is 215 Å². The Hall–Kier alpha value is -3.59. The molecule has 3 rings (SSSR count). The van der Waals surface area contributed by atoms with Crippen molar-refractivity contribution in [1.29, 1.82) is 0 Å². The molecule has 1 aliphatic heterocycles. The van der Waals surface area contributed by atoms with E-state index >= 15 is 0 Å². The molecule has 0 radical (unpaired) electrons. The Balaban J connectivity index is 1.38. The lowest BCUT2D eigenvalue weighted by Gasteiger charge is -2.10. The van der Waals surface area contributed by atoms with Gasteiger partial charge in [-0.3, -0.25) is 9.59 Å². The van der Waals surface area contributed by atoms with Crippen LogP contribution < -0.4 is 10.6 Å². The maximum atomic E-state index is 12.9. The van der Waals surface area contributed by atoms with E-state index in [4.69, 9.17) is 4.74 Å². The molecule has 2 aromatic rings. The van der Waals surface area contributed by atoms with Crippen LogP contribution in [0.4, 0.5) is 26.3 Å². The minimum absolute atomic E-state index is 0.0200. The van der Waals surface area contributed by atoms with Crippen molar-refractivity contribution in [2.24, 2.45) is 0 Å². The zero-order valence-electron chi connectivity index (χ0n) is 20.2. The molecule has 2 unspecified atom stereocenters. The molecule has 2 aromatic carbocycles. The summed E-state index contributed by atoms with van der Waals surface area (Å²) in [4.78, 5) is 27.2. The molecule has 38 heavy (non-hydrogen) atoms.